The summed E-state index contributed by atoms with van der Waals surface area (Å²) in [7, 11) is -1.91. The zero-order chi connectivity index (χ0) is 13.1. The van der Waals surface area contributed by atoms with Crippen LogP contribution in [0, 0.1) is 0 Å². The minimum Gasteiger partial charge on any atom is -0.491 e. The van der Waals surface area contributed by atoms with Crippen molar-refractivity contribution in [1.29, 1.82) is 0 Å². The van der Waals surface area contributed by atoms with Crippen molar-refractivity contribution < 1.29 is 14.0 Å². The van der Waals surface area contributed by atoms with Crippen LogP contribution in [0.25, 0.3) is 0 Å². The maximum Gasteiger partial charge on any atom is 0.131 e. The van der Waals surface area contributed by atoms with E-state index in [0.29, 0.717) is 6.61 Å². The predicted octanol–water partition coefficient (Wildman–Crippen LogP) is 1.97. The highest BCUT2D eigenvalue weighted by molar-refractivity contribution is 7.61. The van der Waals surface area contributed by atoms with Crippen molar-refractivity contribution in [3.63, 3.8) is 0 Å². The van der Waals surface area contributed by atoms with Crippen molar-refractivity contribution in [3.8, 4) is 5.75 Å². The van der Waals surface area contributed by atoms with E-state index < -0.39 is 7.80 Å². The first-order valence-electron chi connectivity index (χ1n) is 6.27. The number of hydrogen-bond acceptors (Lipinski definition) is 3. The Balaban J connectivity index is 1.69. The Kier molecular flexibility index (Phi) is 3.67. The average Bonchev–Trinajstić information content (AvgIpc) is 3.30. The molecule has 1 saturated heterocycles. The third-order valence-corrected chi connectivity index (χ3v) is 4.71. The molecule has 3 nitrogen and oxygen atoms in total. The highest BCUT2D eigenvalue weighted by Crippen LogP contribution is 2.21. The maximum absolute atomic E-state index is 12.4. The molecule has 19 heavy (non-hydrogen) atoms. The zero-order valence-corrected chi connectivity index (χ0v) is 11.4. The second kappa shape index (κ2) is 5.60. The molecule has 1 aliphatic heterocycles. The molecule has 1 fully saturated rings. The molecule has 2 unspecified atom stereocenters. The van der Waals surface area contributed by atoms with E-state index in [1.54, 1.807) is 0 Å². The Morgan fingerprint density at radius 1 is 1.05 bits per heavy atom. The van der Waals surface area contributed by atoms with Crippen LogP contribution in [0.3, 0.4) is 0 Å². The molecule has 2 aromatic rings. The second-order valence-corrected chi connectivity index (χ2v) is 6.30. The highest BCUT2D eigenvalue weighted by atomic mass is 31.1. The van der Waals surface area contributed by atoms with Gasteiger partial charge in [-0.3, -0.25) is 0 Å². The molecule has 0 saturated carbocycles. The van der Waals surface area contributed by atoms with E-state index in [-0.39, 0.29) is 6.10 Å². The standard InChI is InChI=1S/C15H15O3P/c16-19(14-4-2-1-3-5-14)15-8-6-12(7-9-15)17-10-13-11-18-13/h1-9,13,19H,10-11H2. The van der Waals surface area contributed by atoms with E-state index in [1.165, 1.54) is 0 Å². The van der Waals surface area contributed by atoms with E-state index >= 15 is 0 Å². The van der Waals surface area contributed by atoms with Crippen LogP contribution in [0.4, 0.5) is 0 Å². The lowest BCUT2D eigenvalue weighted by Crippen LogP contribution is -2.07. The Bertz CT molecular complexity index is 562. The van der Waals surface area contributed by atoms with Gasteiger partial charge in [-0.25, -0.2) is 0 Å². The van der Waals surface area contributed by atoms with Gasteiger partial charge in [0.15, 0.2) is 0 Å². The first-order valence-corrected chi connectivity index (χ1v) is 7.68. The summed E-state index contributed by atoms with van der Waals surface area (Å²) in [6.45, 7) is 1.38. The van der Waals surface area contributed by atoms with E-state index in [0.717, 1.165) is 23.0 Å². The van der Waals surface area contributed by atoms with Crippen LogP contribution in [0.2, 0.25) is 0 Å². The third-order valence-electron chi connectivity index (χ3n) is 2.99. The summed E-state index contributed by atoms with van der Waals surface area (Å²) in [6, 6.07) is 17.0. The molecule has 2 atom stereocenters. The number of epoxide rings is 1. The number of ether oxygens (including phenoxy) is 2. The molecule has 0 spiro atoms. The molecule has 0 bridgehead atoms. The fourth-order valence-corrected chi connectivity index (χ4v) is 3.11. The Hall–Kier alpha value is -1.57. The molecule has 0 amide bonds. The van der Waals surface area contributed by atoms with Gasteiger partial charge in [0.2, 0.25) is 0 Å². The largest absolute Gasteiger partial charge is 0.491 e. The van der Waals surface area contributed by atoms with Gasteiger partial charge < -0.3 is 14.0 Å². The van der Waals surface area contributed by atoms with Crippen molar-refractivity contribution in [2.75, 3.05) is 13.2 Å². The molecule has 98 valence electrons. The van der Waals surface area contributed by atoms with Gasteiger partial charge >= 0.3 is 0 Å². The first kappa shape index (κ1) is 12.5. The van der Waals surface area contributed by atoms with Crippen molar-refractivity contribution in [1.82, 2.24) is 0 Å². The summed E-state index contributed by atoms with van der Waals surface area (Å²) in [5.74, 6) is 0.794. The van der Waals surface area contributed by atoms with Crippen LogP contribution in [0.1, 0.15) is 0 Å². The van der Waals surface area contributed by atoms with E-state index in [4.69, 9.17) is 9.47 Å². The molecular weight excluding hydrogens is 259 g/mol. The summed E-state index contributed by atoms with van der Waals surface area (Å²) >= 11 is 0. The van der Waals surface area contributed by atoms with E-state index in [2.05, 4.69) is 0 Å². The number of hydrogen-bond donors (Lipinski definition) is 0. The monoisotopic (exact) mass is 274 g/mol. The smallest absolute Gasteiger partial charge is 0.131 e. The summed E-state index contributed by atoms with van der Waals surface area (Å²) in [6.07, 6.45) is 0.253. The number of rotatable bonds is 5. The lowest BCUT2D eigenvalue weighted by atomic mass is 10.3. The lowest BCUT2D eigenvalue weighted by molar-refractivity contribution is 0.263. The van der Waals surface area contributed by atoms with Gasteiger partial charge in [0.25, 0.3) is 0 Å². The van der Waals surface area contributed by atoms with Crippen LogP contribution < -0.4 is 15.3 Å². The normalized spacial score (nSPS) is 18.8. The van der Waals surface area contributed by atoms with Crippen LogP contribution in [-0.4, -0.2) is 19.3 Å². The van der Waals surface area contributed by atoms with Crippen molar-refractivity contribution in [3.05, 3.63) is 54.6 Å². The number of benzene rings is 2. The van der Waals surface area contributed by atoms with E-state index in [9.17, 15) is 4.57 Å². The SMILES string of the molecule is O=[PH](c1ccccc1)c1ccc(OCC2CO2)cc1. The molecule has 3 rings (SSSR count). The molecule has 0 N–H and O–H groups in total. The Labute approximate surface area is 113 Å². The molecule has 2 aromatic carbocycles. The Morgan fingerprint density at radius 2 is 1.68 bits per heavy atom. The molecular formula is C15H15O3P. The molecule has 0 radical (unpaired) electrons. The highest BCUT2D eigenvalue weighted by Gasteiger charge is 2.22. The molecule has 1 heterocycles. The average molecular weight is 274 g/mol. The maximum atomic E-state index is 12.4. The van der Waals surface area contributed by atoms with Gasteiger partial charge in [-0.2, -0.15) is 0 Å². The van der Waals surface area contributed by atoms with Gasteiger partial charge in [0.1, 0.15) is 26.3 Å². The first-order chi connectivity index (χ1) is 9.33. The van der Waals surface area contributed by atoms with Gasteiger partial charge in [0, 0.05) is 10.6 Å². The predicted molar refractivity (Wildman–Crippen MR) is 76.4 cm³/mol. The lowest BCUT2D eigenvalue weighted by Gasteiger charge is -2.06. The van der Waals surface area contributed by atoms with Crippen LogP contribution in [0.15, 0.2) is 54.6 Å². The summed E-state index contributed by atoms with van der Waals surface area (Å²) in [4.78, 5) is 0. The van der Waals surface area contributed by atoms with Crippen molar-refractivity contribution >= 4 is 18.4 Å². The topological polar surface area (TPSA) is 38.8 Å². The fourth-order valence-electron chi connectivity index (χ4n) is 1.81. The molecule has 0 aromatic heterocycles. The van der Waals surface area contributed by atoms with Crippen LogP contribution >= 0.6 is 7.80 Å². The zero-order valence-electron chi connectivity index (χ0n) is 10.4. The molecule has 4 heteroatoms. The molecule has 0 aliphatic carbocycles. The summed E-state index contributed by atoms with van der Waals surface area (Å²) in [5.41, 5.74) is 0. The van der Waals surface area contributed by atoms with Gasteiger partial charge in [-0.05, 0) is 24.3 Å². The summed E-state index contributed by atoms with van der Waals surface area (Å²) in [5, 5.41) is 1.73. The second-order valence-electron chi connectivity index (χ2n) is 4.49. The summed E-state index contributed by atoms with van der Waals surface area (Å²) < 4.78 is 23.0. The van der Waals surface area contributed by atoms with Gasteiger partial charge in [0.05, 0.1) is 6.61 Å². The van der Waals surface area contributed by atoms with E-state index in [1.807, 2.05) is 54.6 Å². The van der Waals surface area contributed by atoms with Crippen LogP contribution in [-0.2, 0) is 9.30 Å². The van der Waals surface area contributed by atoms with Gasteiger partial charge in [-0.15, -0.1) is 0 Å². The van der Waals surface area contributed by atoms with Crippen molar-refractivity contribution in [2.45, 2.75) is 6.10 Å². The quantitative estimate of drug-likeness (QED) is 0.618. The fraction of sp³-hybridized carbons (Fsp3) is 0.200. The van der Waals surface area contributed by atoms with Crippen LogP contribution in [0.5, 0.6) is 5.75 Å². The Morgan fingerprint density at radius 3 is 2.32 bits per heavy atom. The van der Waals surface area contributed by atoms with Gasteiger partial charge in [-0.1, -0.05) is 30.3 Å². The minimum atomic E-state index is -1.91. The molecule has 1 aliphatic rings. The van der Waals surface area contributed by atoms with Crippen molar-refractivity contribution in [2.24, 2.45) is 0 Å². The minimum absolute atomic E-state index is 0.253. The third kappa shape index (κ3) is 3.25.